The number of aromatic nitrogens is 3. The molecule has 0 saturated carbocycles. The molecule has 1 unspecified atom stereocenters. The van der Waals surface area contributed by atoms with Crippen molar-refractivity contribution in [2.45, 2.75) is 18.8 Å². The predicted octanol–water partition coefficient (Wildman–Crippen LogP) is 3.34. The molecule has 0 spiro atoms. The first-order valence-corrected chi connectivity index (χ1v) is 6.20. The van der Waals surface area contributed by atoms with Crippen molar-refractivity contribution in [1.29, 1.82) is 0 Å². The van der Waals surface area contributed by atoms with Gasteiger partial charge in [-0.1, -0.05) is 11.6 Å². The Morgan fingerprint density at radius 2 is 2.40 bits per heavy atom. The third-order valence-corrected chi connectivity index (χ3v) is 3.56. The van der Waals surface area contributed by atoms with E-state index in [4.69, 9.17) is 23.2 Å². The summed E-state index contributed by atoms with van der Waals surface area (Å²) < 4.78 is 1.79. The van der Waals surface area contributed by atoms with Crippen molar-refractivity contribution in [3.63, 3.8) is 0 Å². The summed E-state index contributed by atoms with van der Waals surface area (Å²) in [6.07, 6.45) is 3.40. The van der Waals surface area contributed by atoms with E-state index in [9.17, 15) is 0 Å². The van der Waals surface area contributed by atoms with Crippen molar-refractivity contribution in [2.75, 3.05) is 0 Å². The van der Waals surface area contributed by atoms with E-state index in [0.29, 0.717) is 10.9 Å². The van der Waals surface area contributed by atoms with Crippen molar-refractivity contribution >= 4 is 34.5 Å². The summed E-state index contributed by atoms with van der Waals surface area (Å²) in [4.78, 5) is 4.40. The Balaban J connectivity index is 2.23. The number of halogens is 2. The largest absolute Gasteiger partial charge is 0.262 e. The highest BCUT2D eigenvalue weighted by atomic mass is 35.5. The SMILES string of the molecule is CC(c1nc(CCl)cs1)n1cc(Cl)cn1. The quantitative estimate of drug-likeness (QED) is 0.794. The van der Waals surface area contributed by atoms with Crippen LogP contribution in [-0.2, 0) is 5.88 Å². The van der Waals surface area contributed by atoms with Crippen LogP contribution in [0.15, 0.2) is 17.8 Å². The zero-order chi connectivity index (χ0) is 10.8. The monoisotopic (exact) mass is 261 g/mol. The van der Waals surface area contributed by atoms with Gasteiger partial charge in [-0.05, 0) is 6.92 Å². The van der Waals surface area contributed by atoms with Gasteiger partial charge in [0.2, 0.25) is 0 Å². The molecule has 6 heteroatoms. The molecule has 0 bridgehead atoms. The molecule has 80 valence electrons. The number of alkyl halides is 1. The van der Waals surface area contributed by atoms with E-state index in [-0.39, 0.29) is 6.04 Å². The van der Waals surface area contributed by atoms with Gasteiger partial charge in [-0.2, -0.15) is 5.10 Å². The fourth-order valence-electron chi connectivity index (χ4n) is 1.22. The van der Waals surface area contributed by atoms with E-state index in [2.05, 4.69) is 10.1 Å². The number of hydrogen-bond donors (Lipinski definition) is 0. The lowest BCUT2D eigenvalue weighted by molar-refractivity contribution is 0.561. The summed E-state index contributed by atoms with van der Waals surface area (Å²) in [6.45, 7) is 2.03. The Morgan fingerprint density at radius 1 is 1.60 bits per heavy atom. The Bertz CT molecular complexity index is 452. The average molecular weight is 262 g/mol. The fourth-order valence-corrected chi connectivity index (χ4v) is 2.46. The van der Waals surface area contributed by atoms with Gasteiger partial charge in [0.25, 0.3) is 0 Å². The third kappa shape index (κ3) is 2.33. The van der Waals surface area contributed by atoms with Gasteiger partial charge in [-0.15, -0.1) is 22.9 Å². The lowest BCUT2D eigenvalue weighted by Gasteiger charge is -2.07. The highest BCUT2D eigenvalue weighted by molar-refractivity contribution is 7.09. The van der Waals surface area contributed by atoms with Gasteiger partial charge >= 0.3 is 0 Å². The van der Waals surface area contributed by atoms with Crippen molar-refractivity contribution in [1.82, 2.24) is 14.8 Å². The fraction of sp³-hybridized carbons (Fsp3) is 0.333. The van der Waals surface area contributed by atoms with Crippen LogP contribution in [0, 0.1) is 0 Å². The van der Waals surface area contributed by atoms with E-state index in [1.54, 1.807) is 28.4 Å². The van der Waals surface area contributed by atoms with E-state index in [1.807, 2.05) is 12.3 Å². The van der Waals surface area contributed by atoms with Crippen LogP contribution in [0.4, 0.5) is 0 Å². The highest BCUT2D eigenvalue weighted by Crippen LogP contribution is 2.23. The molecule has 0 aliphatic rings. The molecule has 0 fully saturated rings. The maximum atomic E-state index is 5.80. The second-order valence-corrected chi connectivity index (χ2v) is 4.72. The van der Waals surface area contributed by atoms with Crippen molar-refractivity contribution in [3.05, 3.63) is 33.5 Å². The Morgan fingerprint density at radius 3 is 2.93 bits per heavy atom. The van der Waals surface area contributed by atoms with Gasteiger partial charge in [-0.25, -0.2) is 4.98 Å². The number of thiazole rings is 1. The smallest absolute Gasteiger partial charge is 0.117 e. The summed E-state index contributed by atoms with van der Waals surface area (Å²) in [5.74, 6) is 0.448. The normalized spacial score (nSPS) is 13.0. The molecular formula is C9H9Cl2N3S. The minimum atomic E-state index is 0.0967. The highest BCUT2D eigenvalue weighted by Gasteiger charge is 2.12. The molecule has 1 atom stereocenters. The van der Waals surface area contributed by atoms with Gasteiger partial charge in [0.1, 0.15) is 11.0 Å². The summed E-state index contributed by atoms with van der Waals surface area (Å²) in [7, 11) is 0. The molecule has 2 aromatic rings. The van der Waals surface area contributed by atoms with E-state index in [1.165, 1.54) is 0 Å². The molecule has 0 amide bonds. The summed E-state index contributed by atoms with van der Waals surface area (Å²) in [6, 6.07) is 0.0967. The first-order chi connectivity index (χ1) is 7.20. The van der Waals surface area contributed by atoms with E-state index < -0.39 is 0 Å². The molecule has 0 aliphatic heterocycles. The molecule has 0 saturated heterocycles. The molecule has 0 aromatic carbocycles. The lowest BCUT2D eigenvalue weighted by atomic mass is 10.3. The summed E-state index contributed by atoms with van der Waals surface area (Å²) in [5.41, 5.74) is 0.904. The second-order valence-electron chi connectivity index (χ2n) is 3.13. The number of nitrogens with zero attached hydrogens (tertiary/aromatic N) is 3. The van der Waals surface area contributed by atoms with Crippen molar-refractivity contribution in [2.24, 2.45) is 0 Å². The van der Waals surface area contributed by atoms with Gasteiger partial charge in [0, 0.05) is 11.6 Å². The van der Waals surface area contributed by atoms with E-state index >= 15 is 0 Å². The minimum Gasteiger partial charge on any atom is -0.262 e. The minimum absolute atomic E-state index is 0.0967. The molecule has 2 aromatic heterocycles. The summed E-state index contributed by atoms with van der Waals surface area (Å²) >= 11 is 13.1. The van der Waals surface area contributed by atoms with Crippen LogP contribution in [0.3, 0.4) is 0 Å². The Hall–Kier alpha value is -0.580. The maximum absolute atomic E-state index is 5.80. The zero-order valence-corrected chi connectivity index (χ0v) is 10.4. The van der Waals surface area contributed by atoms with Crippen LogP contribution in [-0.4, -0.2) is 14.8 Å². The summed E-state index contributed by atoms with van der Waals surface area (Å²) in [5, 5.41) is 7.73. The zero-order valence-electron chi connectivity index (χ0n) is 8.02. The molecule has 0 N–H and O–H groups in total. The van der Waals surface area contributed by atoms with Gasteiger partial charge in [0.15, 0.2) is 0 Å². The Kier molecular flexibility index (Phi) is 3.29. The van der Waals surface area contributed by atoms with Crippen molar-refractivity contribution in [3.8, 4) is 0 Å². The molecule has 0 aliphatic carbocycles. The molecule has 2 rings (SSSR count). The number of rotatable bonds is 3. The van der Waals surface area contributed by atoms with Crippen LogP contribution in [0.5, 0.6) is 0 Å². The van der Waals surface area contributed by atoms with Crippen LogP contribution in [0.1, 0.15) is 23.7 Å². The molecular weight excluding hydrogens is 253 g/mol. The first kappa shape index (κ1) is 10.9. The topological polar surface area (TPSA) is 30.7 Å². The average Bonchev–Trinajstić information content (AvgIpc) is 2.84. The Labute approximate surface area is 102 Å². The third-order valence-electron chi connectivity index (χ3n) is 2.03. The van der Waals surface area contributed by atoms with Crippen LogP contribution < -0.4 is 0 Å². The standard InChI is InChI=1S/C9H9Cl2N3S/c1-6(14-4-7(11)3-12-14)9-13-8(2-10)5-15-9/h3-6H,2H2,1H3. The van der Waals surface area contributed by atoms with Crippen LogP contribution >= 0.6 is 34.5 Å². The van der Waals surface area contributed by atoms with Gasteiger partial charge < -0.3 is 0 Å². The molecule has 15 heavy (non-hydrogen) atoms. The predicted molar refractivity (Wildman–Crippen MR) is 62.7 cm³/mol. The van der Waals surface area contributed by atoms with Gasteiger partial charge in [-0.3, -0.25) is 4.68 Å². The number of hydrogen-bond acceptors (Lipinski definition) is 3. The first-order valence-electron chi connectivity index (χ1n) is 4.40. The molecule has 0 radical (unpaired) electrons. The van der Waals surface area contributed by atoms with Crippen LogP contribution in [0.25, 0.3) is 0 Å². The van der Waals surface area contributed by atoms with Crippen LogP contribution in [0.2, 0.25) is 5.02 Å². The molecule has 2 heterocycles. The lowest BCUT2D eigenvalue weighted by Crippen LogP contribution is -2.06. The van der Waals surface area contributed by atoms with Gasteiger partial charge in [0.05, 0.1) is 22.8 Å². The van der Waals surface area contributed by atoms with E-state index in [0.717, 1.165) is 10.7 Å². The second kappa shape index (κ2) is 4.51. The molecule has 3 nitrogen and oxygen atoms in total. The maximum Gasteiger partial charge on any atom is 0.117 e. The van der Waals surface area contributed by atoms with Crippen molar-refractivity contribution < 1.29 is 0 Å².